The summed E-state index contributed by atoms with van der Waals surface area (Å²) in [5.41, 5.74) is 6.94. The van der Waals surface area contributed by atoms with E-state index in [0.717, 1.165) is 10.5 Å². The predicted octanol–water partition coefficient (Wildman–Crippen LogP) is -0.0646. The Bertz CT molecular complexity index is 850. The molecule has 1 aliphatic rings. The van der Waals surface area contributed by atoms with Gasteiger partial charge in [-0.1, -0.05) is 12.1 Å². The normalized spacial score (nSPS) is 15.4. The molecule has 4 amide bonds. The zero-order chi connectivity index (χ0) is 26.2. The molecule has 1 unspecified atom stereocenters. The molecule has 1 aromatic rings. The Morgan fingerprint density at radius 1 is 0.917 bits per heavy atom. The number of carboxylic acid groups (broad SMARTS) is 1. The van der Waals surface area contributed by atoms with Gasteiger partial charge < -0.3 is 40.4 Å². The number of nitrogens with zero attached hydrogens (tertiary/aromatic N) is 1. The third-order valence-electron chi connectivity index (χ3n) is 5.01. The molecule has 13 nitrogen and oxygen atoms in total. The van der Waals surface area contributed by atoms with Crippen LogP contribution in [-0.2, 0) is 39.9 Å². The fourth-order valence-electron chi connectivity index (χ4n) is 3.13. The monoisotopic (exact) mass is 510 g/mol. The van der Waals surface area contributed by atoms with Crippen LogP contribution in [0, 0.1) is 0 Å². The number of likely N-dealkylation sites (tertiary alicyclic amines) is 1. The molecule has 36 heavy (non-hydrogen) atoms. The van der Waals surface area contributed by atoms with Gasteiger partial charge in [0.05, 0.1) is 78.3 Å². The number of anilines is 1. The highest BCUT2D eigenvalue weighted by Gasteiger charge is 2.35. The second-order valence-corrected chi connectivity index (χ2v) is 7.80. The zero-order valence-corrected chi connectivity index (χ0v) is 20.1. The molecule has 200 valence electrons. The van der Waals surface area contributed by atoms with Crippen molar-refractivity contribution in [1.82, 2.24) is 10.2 Å². The Balaban J connectivity index is 1.36. The standard InChI is InChI=1S/C23H34N4O9/c24-19-15-21(29)27(22(19)30)6-8-34-10-12-36-14-13-35-11-9-33-7-5-20(28)26-18-3-1-17(2-4-18)16-25-23(31)32/h1-4,19,25H,5-16,24H2,(H,26,28)(H,31,32). The summed E-state index contributed by atoms with van der Waals surface area (Å²) in [4.78, 5) is 46.8. The van der Waals surface area contributed by atoms with Crippen molar-refractivity contribution < 1.29 is 43.2 Å². The summed E-state index contributed by atoms with van der Waals surface area (Å²) < 4.78 is 21.5. The van der Waals surface area contributed by atoms with Gasteiger partial charge in [-0.3, -0.25) is 19.3 Å². The average Bonchev–Trinajstić information content (AvgIpc) is 3.09. The minimum atomic E-state index is -1.09. The molecule has 1 saturated heterocycles. The lowest BCUT2D eigenvalue weighted by Crippen LogP contribution is -2.37. The van der Waals surface area contributed by atoms with Crippen LogP contribution >= 0.6 is 0 Å². The highest BCUT2D eigenvalue weighted by atomic mass is 16.6. The fraction of sp³-hybridized carbons (Fsp3) is 0.565. The van der Waals surface area contributed by atoms with Crippen molar-refractivity contribution in [3.63, 3.8) is 0 Å². The van der Waals surface area contributed by atoms with Crippen LogP contribution in [-0.4, -0.2) is 99.3 Å². The molecule has 1 fully saturated rings. The number of hydrogen-bond acceptors (Lipinski definition) is 9. The van der Waals surface area contributed by atoms with E-state index in [1.54, 1.807) is 24.3 Å². The summed E-state index contributed by atoms with van der Waals surface area (Å²) >= 11 is 0. The van der Waals surface area contributed by atoms with Gasteiger partial charge in [-0.15, -0.1) is 0 Å². The molecule has 1 atom stereocenters. The molecule has 0 radical (unpaired) electrons. The first-order valence-electron chi connectivity index (χ1n) is 11.6. The molecule has 0 saturated carbocycles. The predicted molar refractivity (Wildman–Crippen MR) is 127 cm³/mol. The van der Waals surface area contributed by atoms with Crippen molar-refractivity contribution in [2.75, 3.05) is 64.7 Å². The quantitative estimate of drug-likeness (QED) is 0.154. The highest BCUT2D eigenvalue weighted by molar-refractivity contribution is 6.05. The molecular weight excluding hydrogens is 476 g/mol. The molecule has 1 aromatic carbocycles. The van der Waals surface area contributed by atoms with Crippen LogP contribution in [0.1, 0.15) is 18.4 Å². The van der Waals surface area contributed by atoms with Crippen LogP contribution in [0.15, 0.2) is 24.3 Å². The molecule has 0 spiro atoms. The lowest BCUT2D eigenvalue weighted by atomic mass is 10.2. The second kappa shape index (κ2) is 16.5. The van der Waals surface area contributed by atoms with Gasteiger partial charge in [0.25, 0.3) is 0 Å². The molecule has 0 bridgehead atoms. The number of ether oxygens (including phenoxy) is 4. The van der Waals surface area contributed by atoms with E-state index in [1.807, 2.05) is 0 Å². The third kappa shape index (κ3) is 11.6. The summed E-state index contributed by atoms with van der Waals surface area (Å²) in [5.74, 6) is -0.821. The van der Waals surface area contributed by atoms with Crippen LogP contribution in [0.5, 0.6) is 0 Å². The highest BCUT2D eigenvalue weighted by Crippen LogP contribution is 2.11. The number of carbonyl (C=O) groups excluding carboxylic acids is 3. The molecule has 2 rings (SSSR count). The first-order chi connectivity index (χ1) is 17.4. The molecule has 0 aromatic heterocycles. The van der Waals surface area contributed by atoms with E-state index >= 15 is 0 Å². The van der Waals surface area contributed by atoms with E-state index in [2.05, 4.69) is 10.6 Å². The lowest BCUT2D eigenvalue weighted by Gasteiger charge is -2.14. The van der Waals surface area contributed by atoms with Crippen molar-refractivity contribution >= 4 is 29.5 Å². The number of nitrogens with two attached hydrogens (primary N) is 1. The molecule has 1 heterocycles. The van der Waals surface area contributed by atoms with Gasteiger partial charge in [0.2, 0.25) is 17.7 Å². The van der Waals surface area contributed by atoms with Gasteiger partial charge >= 0.3 is 6.09 Å². The number of nitrogens with one attached hydrogen (secondary N) is 2. The van der Waals surface area contributed by atoms with Gasteiger partial charge in [-0.2, -0.15) is 0 Å². The number of benzene rings is 1. The topological polar surface area (TPSA) is 179 Å². The Hall–Kier alpha value is -3.10. The Labute approximate surface area is 209 Å². The second-order valence-electron chi connectivity index (χ2n) is 7.80. The smallest absolute Gasteiger partial charge is 0.404 e. The molecular formula is C23H34N4O9. The van der Waals surface area contributed by atoms with Gasteiger partial charge in [-0.25, -0.2) is 4.79 Å². The maximum Gasteiger partial charge on any atom is 0.404 e. The van der Waals surface area contributed by atoms with Gasteiger partial charge in [0.1, 0.15) is 0 Å². The number of carbonyl (C=O) groups is 4. The number of hydrogen-bond donors (Lipinski definition) is 4. The maximum absolute atomic E-state index is 11.9. The summed E-state index contributed by atoms with van der Waals surface area (Å²) in [6.45, 7) is 3.05. The van der Waals surface area contributed by atoms with E-state index in [9.17, 15) is 19.2 Å². The maximum atomic E-state index is 11.9. The molecule has 5 N–H and O–H groups in total. The molecule has 0 aliphatic carbocycles. The van der Waals surface area contributed by atoms with Crippen molar-refractivity contribution in [2.24, 2.45) is 5.73 Å². The van der Waals surface area contributed by atoms with E-state index < -0.39 is 12.1 Å². The molecule has 13 heteroatoms. The van der Waals surface area contributed by atoms with Crippen molar-refractivity contribution in [1.29, 1.82) is 0 Å². The van der Waals surface area contributed by atoms with Crippen LogP contribution in [0.2, 0.25) is 0 Å². The van der Waals surface area contributed by atoms with Crippen molar-refractivity contribution in [2.45, 2.75) is 25.4 Å². The Kier molecular flexibility index (Phi) is 13.4. The number of amides is 4. The Morgan fingerprint density at radius 3 is 2.00 bits per heavy atom. The van der Waals surface area contributed by atoms with E-state index in [-0.39, 0.29) is 56.9 Å². The largest absolute Gasteiger partial charge is 0.465 e. The van der Waals surface area contributed by atoms with Crippen molar-refractivity contribution in [3.05, 3.63) is 29.8 Å². The van der Waals surface area contributed by atoms with Crippen LogP contribution in [0.25, 0.3) is 0 Å². The summed E-state index contributed by atoms with van der Waals surface area (Å²) in [7, 11) is 0. The third-order valence-corrected chi connectivity index (χ3v) is 5.01. The van der Waals surface area contributed by atoms with Crippen LogP contribution in [0.4, 0.5) is 10.5 Å². The van der Waals surface area contributed by atoms with Crippen molar-refractivity contribution in [3.8, 4) is 0 Å². The first kappa shape index (κ1) is 29.1. The summed E-state index contributed by atoms with van der Waals surface area (Å²) in [6.07, 6.45) is -0.849. The van der Waals surface area contributed by atoms with Crippen LogP contribution in [0.3, 0.4) is 0 Å². The first-order valence-corrected chi connectivity index (χ1v) is 11.6. The minimum Gasteiger partial charge on any atom is -0.465 e. The van der Waals surface area contributed by atoms with E-state index in [1.165, 1.54) is 0 Å². The van der Waals surface area contributed by atoms with E-state index in [0.29, 0.717) is 45.3 Å². The van der Waals surface area contributed by atoms with Gasteiger partial charge in [0, 0.05) is 12.2 Å². The molecule has 1 aliphatic heterocycles. The van der Waals surface area contributed by atoms with Gasteiger partial charge in [0.15, 0.2) is 0 Å². The fourth-order valence-corrected chi connectivity index (χ4v) is 3.13. The minimum absolute atomic E-state index is 0.0511. The lowest BCUT2D eigenvalue weighted by molar-refractivity contribution is -0.139. The number of imide groups is 1. The zero-order valence-electron chi connectivity index (χ0n) is 20.1. The Morgan fingerprint density at radius 2 is 1.47 bits per heavy atom. The van der Waals surface area contributed by atoms with E-state index in [4.69, 9.17) is 29.8 Å². The van der Waals surface area contributed by atoms with Crippen LogP contribution < -0.4 is 16.4 Å². The average molecular weight is 511 g/mol. The summed E-state index contributed by atoms with van der Waals surface area (Å²) in [6, 6.07) is 6.13. The van der Waals surface area contributed by atoms with Gasteiger partial charge in [-0.05, 0) is 17.7 Å². The number of rotatable bonds is 18. The SMILES string of the molecule is NC1CC(=O)N(CCOCCOCCOCCOCCC(=O)Nc2ccc(CNC(=O)O)cc2)C1=O. The summed E-state index contributed by atoms with van der Waals surface area (Å²) in [5, 5.41) is 13.6.